The van der Waals surface area contributed by atoms with E-state index in [1.807, 2.05) is 17.0 Å². The third-order valence-corrected chi connectivity index (χ3v) is 4.20. The summed E-state index contributed by atoms with van der Waals surface area (Å²) in [7, 11) is -1.69. The number of rotatable bonds is 3. The van der Waals surface area contributed by atoms with Crippen LogP contribution in [0.25, 0.3) is 0 Å². The molecule has 0 aliphatic carbocycles. The second-order valence-corrected chi connectivity index (χ2v) is 5.92. The summed E-state index contributed by atoms with van der Waals surface area (Å²) in [5, 5.41) is 0. The number of benzene rings is 1. The van der Waals surface area contributed by atoms with Gasteiger partial charge in [-0.05, 0) is 24.6 Å². The summed E-state index contributed by atoms with van der Waals surface area (Å²) in [5.74, 6) is 0.0812. The Morgan fingerprint density at radius 2 is 2.00 bits per heavy atom. The predicted octanol–water partition coefficient (Wildman–Crippen LogP) is 0.551. The van der Waals surface area contributed by atoms with Crippen molar-refractivity contribution in [2.24, 2.45) is 0 Å². The van der Waals surface area contributed by atoms with Crippen LogP contribution in [0.4, 0.5) is 0 Å². The number of hydrogen-bond donors (Lipinski definition) is 1. The van der Waals surface area contributed by atoms with E-state index in [9.17, 15) is 8.42 Å². The van der Waals surface area contributed by atoms with E-state index in [-0.39, 0.29) is 5.88 Å². The van der Waals surface area contributed by atoms with Crippen LogP contribution in [0.2, 0.25) is 0 Å². The van der Waals surface area contributed by atoms with Crippen LogP contribution in [0.5, 0.6) is 0 Å². The van der Waals surface area contributed by atoms with Crippen molar-refractivity contribution in [3.63, 3.8) is 0 Å². The summed E-state index contributed by atoms with van der Waals surface area (Å²) in [6, 6.07) is 8.19. The molecule has 16 heavy (non-hydrogen) atoms. The molecule has 1 aromatic rings. The zero-order chi connectivity index (χ0) is 11.6. The summed E-state index contributed by atoms with van der Waals surface area (Å²) in [6.07, 6.45) is 0.926. The number of fused-ring (bicyclic) bond motifs is 1. The molecule has 1 heterocycles. The fourth-order valence-electron chi connectivity index (χ4n) is 1.97. The molecule has 0 amide bonds. The first-order valence-corrected chi connectivity index (χ1v) is 6.96. The van der Waals surface area contributed by atoms with E-state index in [1.54, 1.807) is 0 Å². The quantitative estimate of drug-likeness (QED) is 0.839. The van der Waals surface area contributed by atoms with Gasteiger partial charge in [0.2, 0.25) is 10.0 Å². The van der Waals surface area contributed by atoms with Crippen LogP contribution >= 0.6 is 0 Å². The Balaban J connectivity index is 2.09. The minimum absolute atomic E-state index is 0.0812. The predicted molar refractivity (Wildman–Crippen MR) is 63.4 cm³/mol. The molecule has 0 spiro atoms. The van der Waals surface area contributed by atoms with Gasteiger partial charge in [-0.1, -0.05) is 24.3 Å². The highest BCUT2D eigenvalue weighted by atomic mass is 32.2. The van der Waals surface area contributed by atoms with Gasteiger partial charge >= 0.3 is 0 Å². The summed E-state index contributed by atoms with van der Waals surface area (Å²) in [6.45, 7) is 1.52. The first-order chi connectivity index (χ1) is 7.61. The largest absolute Gasteiger partial charge is 0.284 e. The molecule has 1 aliphatic heterocycles. The van der Waals surface area contributed by atoms with Crippen LogP contribution in [0.15, 0.2) is 24.3 Å². The topological polar surface area (TPSA) is 49.4 Å². The second kappa shape index (κ2) is 4.53. The first-order valence-electron chi connectivity index (χ1n) is 5.31. The molecule has 4 nitrogen and oxygen atoms in total. The zero-order valence-electron chi connectivity index (χ0n) is 9.31. The number of nitrogens with zero attached hydrogens (tertiary/aromatic N) is 1. The highest BCUT2D eigenvalue weighted by Crippen LogP contribution is 2.18. The highest BCUT2D eigenvalue weighted by Gasteiger charge is 2.19. The number of hydrogen-bond acceptors (Lipinski definition) is 3. The molecule has 1 aromatic carbocycles. The van der Waals surface area contributed by atoms with E-state index < -0.39 is 10.0 Å². The van der Waals surface area contributed by atoms with Crippen molar-refractivity contribution >= 4 is 10.0 Å². The van der Waals surface area contributed by atoms with E-state index in [0.717, 1.165) is 19.5 Å². The maximum absolute atomic E-state index is 11.4. The van der Waals surface area contributed by atoms with Crippen LogP contribution < -0.4 is 4.72 Å². The molecule has 88 valence electrons. The highest BCUT2D eigenvalue weighted by molar-refractivity contribution is 7.89. The Hall–Kier alpha value is -0.910. The van der Waals surface area contributed by atoms with Crippen molar-refractivity contribution in [2.75, 3.05) is 19.5 Å². The van der Waals surface area contributed by atoms with Gasteiger partial charge in [-0.2, -0.15) is 0 Å². The lowest BCUT2D eigenvalue weighted by Gasteiger charge is -2.28. The van der Waals surface area contributed by atoms with Crippen LogP contribution in [-0.4, -0.2) is 32.8 Å². The summed E-state index contributed by atoms with van der Waals surface area (Å²) >= 11 is 0. The smallest absolute Gasteiger partial charge is 0.224 e. The molecule has 0 aromatic heterocycles. The molecular formula is C11H16N2O2S. The normalized spacial score (nSPS) is 17.1. The van der Waals surface area contributed by atoms with Gasteiger partial charge < -0.3 is 0 Å². The van der Waals surface area contributed by atoms with Crippen molar-refractivity contribution in [1.82, 2.24) is 9.62 Å². The Kier molecular flexibility index (Phi) is 3.28. The Morgan fingerprint density at radius 1 is 1.31 bits per heavy atom. The van der Waals surface area contributed by atoms with Gasteiger partial charge in [0.15, 0.2) is 0 Å². The fourth-order valence-corrected chi connectivity index (χ4v) is 2.80. The third kappa shape index (κ3) is 2.61. The molecule has 0 unspecified atom stereocenters. The van der Waals surface area contributed by atoms with Crippen LogP contribution in [0, 0.1) is 0 Å². The van der Waals surface area contributed by atoms with E-state index >= 15 is 0 Å². The van der Waals surface area contributed by atoms with Gasteiger partial charge in [-0.25, -0.2) is 13.1 Å². The Labute approximate surface area is 96.3 Å². The lowest BCUT2D eigenvalue weighted by molar-refractivity contribution is 0.292. The van der Waals surface area contributed by atoms with Gasteiger partial charge in [0.1, 0.15) is 5.88 Å². The summed E-state index contributed by atoms with van der Waals surface area (Å²) < 4.78 is 25.2. The molecule has 0 saturated carbocycles. The van der Waals surface area contributed by atoms with Crippen molar-refractivity contribution in [2.45, 2.75) is 13.0 Å². The van der Waals surface area contributed by atoms with Crippen LogP contribution in [0.3, 0.4) is 0 Å². The molecule has 0 bridgehead atoms. The monoisotopic (exact) mass is 240 g/mol. The molecule has 2 rings (SSSR count). The van der Waals surface area contributed by atoms with Gasteiger partial charge in [0.25, 0.3) is 0 Å². The van der Waals surface area contributed by atoms with Crippen molar-refractivity contribution in [1.29, 1.82) is 0 Å². The molecule has 0 fully saturated rings. The maximum Gasteiger partial charge on any atom is 0.224 e. The lowest BCUT2D eigenvalue weighted by Crippen LogP contribution is -2.38. The average Bonchev–Trinajstić information content (AvgIpc) is 2.28. The second-order valence-electron chi connectivity index (χ2n) is 4.02. The van der Waals surface area contributed by atoms with Crippen molar-refractivity contribution in [3.05, 3.63) is 35.4 Å². The van der Waals surface area contributed by atoms with Gasteiger partial charge in [-0.15, -0.1) is 0 Å². The van der Waals surface area contributed by atoms with E-state index in [2.05, 4.69) is 16.9 Å². The maximum atomic E-state index is 11.4. The molecule has 1 N–H and O–H groups in total. The van der Waals surface area contributed by atoms with Gasteiger partial charge in [0, 0.05) is 13.1 Å². The molecule has 0 radical (unpaired) electrons. The zero-order valence-corrected chi connectivity index (χ0v) is 10.1. The lowest BCUT2D eigenvalue weighted by atomic mass is 10.0. The van der Waals surface area contributed by atoms with Crippen LogP contribution in [0.1, 0.15) is 11.1 Å². The third-order valence-electron chi connectivity index (χ3n) is 2.87. The number of sulfonamides is 1. The molecule has 0 atom stereocenters. The Bertz CT molecular complexity index is 471. The first kappa shape index (κ1) is 11.6. The fraction of sp³-hybridized carbons (Fsp3) is 0.455. The minimum Gasteiger partial charge on any atom is -0.284 e. The van der Waals surface area contributed by atoms with E-state index in [1.165, 1.54) is 18.2 Å². The molecule has 0 saturated heterocycles. The van der Waals surface area contributed by atoms with Gasteiger partial charge in [0.05, 0.1) is 0 Å². The minimum atomic E-state index is -3.15. The molecule has 5 heteroatoms. The van der Waals surface area contributed by atoms with E-state index in [4.69, 9.17) is 0 Å². The van der Waals surface area contributed by atoms with Crippen molar-refractivity contribution in [3.8, 4) is 0 Å². The van der Waals surface area contributed by atoms with Crippen LogP contribution in [-0.2, 0) is 23.0 Å². The summed E-state index contributed by atoms with van der Waals surface area (Å²) in [5.41, 5.74) is 2.57. The average molecular weight is 240 g/mol. The SMILES string of the molecule is CNS(=O)(=O)CN1CCc2ccccc2C1. The number of nitrogens with one attached hydrogen (secondary N) is 1. The van der Waals surface area contributed by atoms with Crippen molar-refractivity contribution < 1.29 is 8.42 Å². The summed E-state index contributed by atoms with van der Waals surface area (Å²) in [4.78, 5) is 1.95. The van der Waals surface area contributed by atoms with E-state index in [0.29, 0.717) is 0 Å². The molecular weight excluding hydrogens is 224 g/mol. The Morgan fingerprint density at radius 3 is 2.69 bits per heavy atom. The van der Waals surface area contributed by atoms with Gasteiger partial charge in [-0.3, -0.25) is 4.90 Å². The standard InChI is InChI=1S/C11H16N2O2S/c1-12-16(14,15)9-13-7-6-10-4-2-3-5-11(10)8-13/h2-5,12H,6-9H2,1H3. The molecule has 1 aliphatic rings.